The van der Waals surface area contributed by atoms with Crippen molar-refractivity contribution >= 4 is 17.6 Å². The summed E-state index contributed by atoms with van der Waals surface area (Å²) in [7, 11) is 3.30. The van der Waals surface area contributed by atoms with Gasteiger partial charge in [-0.1, -0.05) is 64.1 Å². The monoisotopic (exact) mass is 450 g/mol. The number of esters is 1. The van der Waals surface area contributed by atoms with Crippen LogP contribution in [0.2, 0.25) is 0 Å². The number of ether oxygens (including phenoxy) is 3. The van der Waals surface area contributed by atoms with Crippen molar-refractivity contribution < 1.29 is 19.0 Å². The average Bonchev–Trinajstić information content (AvgIpc) is 2.80. The number of hydrogen-bond donors (Lipinski definition) is 0. The predicted molar refractivity (Wildman–Crippen MR) is 134 cm³/mol. The molecule has 0 heterocycles. The van der Waals surface area contributed by atoms with E-state index in [1.54, 1.807) is 14.2 Å². The Morgan fingerprint density at radius 3 is 2.06 bits per heavy atom. The Balaban J connectivity index is 2.03. The summed E-state index contributed by atoms with van der Waals surface area (Å²) < 4.78 is 16.1. The van der Waals surface area contributed by atoms with Crippen LogP contribution in [0.25, 0.3) is 11.6 Å². The van der Waals surface area contributed by atoms with Gasteiger partial charge in [0.1, 0.15) is 0 Å². The summed E-state index contributed by atoms with van der Waals surface area (Å²) in [6, 6.07) is 14.4. The van der Waals surface area contributed by atoms with Crippen molar-refractivity contribution in [2.45, 2.75) is 71.0 Å². The fourth-order valence-corrected chi connectivity index (χ4v) is 4.63. The minimum atomic E-state index is -0.353. The van der Waals surface area contributed by atoms with Gasteiger partial charge < -0.3 is 14.2 Å². The molecule has 0 unspecified atom stereocenters. The van der Waals surface area contributed by atoms with E-state index >= 15 is 0 Å². The predicted octanol–water partition coefficient (Wildman–Crippen LogP) is 6.76. The lowest BCUT2D eigenvalue weighted by Gasteiger charge is -2.42. The van der Waals surface area contributed by atoms with Crippen LogP contribution in [0.5, 0.6) is 0 Å². The molecule has 0 aliphatic heterocycles. The number of carbonyl (C=O) groups excluding carboxylic acids is 1. The Bertz CT molecular complexity index is 995. The maximum Gasteiger partial charge on any atom is 0.338 e. The zero-order chi connectivity index (χ0) is 24.2. The van der Waals surface area contributed by atoms with Gasteiger partial charge in [-0.25, -0.2) is 4.79 Å². The molecule has 0 saturated heterocycles. The third-order valence-corrected chi connectivity index (χ3v) is 6.90. The van der Waals surface area contributed by atoms with Gasteiger partial charge in [-0.05, 0) is 70.6 Å². The molecular weight excluding hydrogens is 412 g/mol. The van der Waals surface area contributed by atoms with Crippen LogP contribution < -0.4 is 0 Å². The zero-order valence-corrected chi connectivity index (χ0v) is 21.2. The van der Waals surface area contributed by atoms with Crippen molar-refractivity contribution in [1.82, 2.24) is 0 Å². The van der Waals surface area contributed by atoms with Crippen molar-refractivity contribution in [2.24, 2.45) is 0 Å². The lowest BCUT2D eigenvalue weighted by Crippen LogP contribution is -2.33. The highest BCUT2D eigenvalue weighted by molar-refractivity contribution is 5.90. The SMILES string of the molecule is CCOC(=O)c1ccc(/C(=C\c2ccc3c(c2)C(C)(C)CCC3(C)C)CC(OC)OC)cc1. The van der Waals surface area contributed by atoms with Crippen molar-refractivity contribution in [3.05, 3.63) is 70.3 Å². The largest absolute Gasteiger partial charge is 0.462 e. The summed E-state index contributed by atoms with van der Waals surface area (Å²) in [5.74, 6) is -0.305. The third-order valence-electron chi connectivity index (χ3n) is 6.90. The summed E-state index contributed by atoms with van der Waals surface area (Å²) in [5.41, 5.74) is 7.05. The highest BCUT2D eigenvalue weighted by atomic mass is 16.7. The molecule has 3 rings (SSSR count). The fraction of sp³-hybridized carbons (Fsp3) is 0.483. The molecule has 0 bridgehead atoms. The molecule has 178 valence electrons. The molecule has 0 fully saturated rings. The summed E-state index contributed by atoms with van der Waals surface area (Å²) >= 11 is 0. The van der Waals surface area contributed by atoms with Crippen LogP contribution in [0.4, 0.5) is 0 Å². The molecule has 2 aromatic rings. The highest BCUT2D eigenvalue weighted by Crippen LogP contribution is 2.46. The fourth-order valence-electron chi connectivity index (χ4n) is 4.63. The number of rotatable bonds is 8. The Labute approximate surface area is 198 Å². The molecule has 0 spiro atoms. The number of methoxy groups -OCH3 is 2. The molecule has 33 heavy (non-hydrogen) atoms. The molecule has 1 aliphatic rings. The quantitative estimate of drug-likeness (QED) is 0.253. The number of benzene rings is 2. The van der Waals surface area contributed by atoms with Gasteiger partial charge >= 0.3 is 5.97 Å². The smallest absolute Gasteiger partial charge is 0.338 e. The highest BCUT2D eigenvalue weighted by Gasteiger charge is 2.36. The lowest BCUT2D eigenvalue weighted by molar-refractivity contribution is -0.0970. The second-order valence-corrected chi connectivity index (χ2v) is 10.1. The van der Waals surface area contributed by atoms with Gasteiger partial charge in [-0.15, -0.1) is 0 Å². The van der Waals surface area contributed by atoms with E-state index in [1.807, 2.05) is 31.2 Å². The van der Waals surface area contributed by atoms with Crippen molar-refractivity contribution in [3.63, 3.8) is 0 Å². The molecular formula is C29H38O4. The van der Waals surface area contributed by atoms with E-state index in [0.717, 1.165) is 16.7 Å². The maximum atomic E-state index is 12.1. The first-order valence-electron chi connectivity index (χ1n) is 11.8. The maximum absolute atomic E-state index is 12.1. The standard InChI is InChI=1S/C29H38O4/c1-8-33-27(30)22-12-10-21(11-13-22)23(19-26(31-6)32-7)17-20-9-14-24-25(18-20)29(4,5)16-15-28(24,2)3/h9-14,17-18,26H,8,15-16,19H2,1-7H3/b23-17-. The Hall–Kier alpha value is -2.43. The molecule has 0 radical (unpaired) electrons. The van der Waals surface area contributed by atoms with Crippen LogP contribution in [-0.4, -0.2) is 33.1 Å². The number of fused-ring (bicyclic) bond motifs is 1. The molecule has 0 aromatic heterocycles. The topological polar surface area (TPSA) is 44.8 Å². The molecule has 0 atom stereocenters. The van der Waals surface area contributed by atoms with Crippen molar-refractivity contribution in [2.75, 3.05) is 20.8 Å². The van der Waals surface area contributed by atoms with E-state index in [2.05, 4.69) is 52.0 Å². The van der Waals surface area contributed by atoms with E-state index in [0.29, 0.717) is 18.6 Å². The van der Waals surface area contributed by atoms with Gasteiger partial charge in [0, 0.05) is 20.6 Å². The van der Waals surface area contributed by atoms with Crippen LogP contribution in [-0.2, 0) is 25.0 Å². The molecule has 4 heteroatoms. The summed E-state index contributed by atoms with van der Waals surface area (Å²) in [6.07, 6.45) is 4.83. The van der Waals surface area contributed by atoms with E-state index in [4.69, 9.17) is 14.2 Å². The molecule has 2 aromatic carbocycles. The van der Waals surface area contributed by atoms with Crippen molar-refractivity contribution in [1.29, 1.82) is 0 Å². The average molecular weight is 451 g/mol. The Kier molecular flexibility index (Phi) is 7.81. The van der Waals surface area contributed by atoms with E-state index in [-0.39, 0.29) is 23.1 Å². The van der Waals surface area contributed by atoms with Gasteiger partial charge in [0.15, 0.2) is 6.29 Å². The second kappa shape index (κ2) is 10.2. The van der Waals surface area contributed by atoms with Gasteiger partial charge in [0.05, 0.1) is 12.2 Å². The van der Waals surface area contributed by atoms with Crippen LogP contribution >= 0.6 is 0 Å². The normalized spacial score (nSPS) is 17.0. The molecule has 0 saturated carbocycles. The van der Waals surface area contributed by atoms with Crippen LogP contribution in [0.3, 0.4) is 0 Å². The first-order valence-corrected chi connectivity index (χ1v) is 11.8. The summed E-state index contributed by atoms with van der Waals surface area (Å²) in [6.45, 7) is 11.5. The van der Waals surface area contributed by atoms with Gasteiger partial charge in [0.2, 0.25) is 0 Å². The first kappa shape index (κ1) is 25.2. The second-order valence-electron chi connectivity index (χ2n) is 10.1. The van der Waals surface area contributed by atoms with Gasteiger partial charge in [-0.3, -0.25) is 0 Å². The summed E-state index contributed by atoms with van der Waals surface area (Å²) in [4.78, 5) is 12.1. The minimum absolute atomic E-state index is 0.151. The minimum Gasteiger partial charge on any atom is -0.462 e. The number of hydrogen-bond acceptors (Lipinski definition) is 4. The molecule has 0 N–H and O–H groups in total. The molecule has 1 aliphatic carbocycles. The van der Waals surface area contributed by atoms with E-state index < -0.39 is 0 Å². The van der Waals surface area contributed by atoms with Gasteiger partial charge in [0.25, 0.3) is 0 Å². The van der Waals surface area contributed by atoms with Crippen LogP contribution in [0, 0.1) is 0 Å². The Morgan fingerprint density at radius 2 is 1.48 bits per heavy atom. The van der Waals surface area contributed by atoms with Crippen LogP contribution in [0.15, 0.2) is 42.5 Å². The van der Waals surface area contributed by atoms with Crippen LogP contribution in [0.1, 0.15) is 86.5 Å². The third kappa shape index (κ3) is 5.74. The number of carbonyl (C=O) groups is 1. The van der Waals surface area contributed by atoms with E-state index in [9.17, 15) is 4.79 Å². The van der Waals surface area contributed by atoms with E-state index in [1.165, 1.54) is 24.0 Å². The zero-order valence-electron chi connectivity index (χ0n) is 21.2. The molecule has 0 amide bonds. The molecule has 4 nitrogen and oxygen atoms in total. The first-order chi connectivity index (χ1) is 15.6. The van der Waals surface area contributed by atoms with Gasteiger partial charge in [-0.2, -0.15) is 0 Å². The Morgan fingerprint density at radius 1 is 0.909 bits per heavy atom. The summed E-state index contributed by atoms with van der Waals surface area (Å²) in [5, 5.41) is 0. The van der Waals surface area contributed by atoms with Crippen molar-refractivity contribution in [3.8, 4) is 0 Å². The lowest BCUT2D eigenvalue weighted by atomic mass is 9.63.